The molecule has 0 fully saturated rings. The molecule has 3 aromatic heterocycles. The van der Waals surface area contributed by atoms with Crippen LogP contribution in [0.2, 0.25) is 0 Å². The van der Waals surface area contributed by atoms with Crippen LogP contribution in [0.1, 0.15) is 135 Å². The van der Waals surface area contributed by atoms with Crippen molar-refractivity contribution < 1.29 is 19.2 Å². The van der Waals surface area contributed by atoms with Crippen molar-refractivity contribution in [2.24, 2.45) is 0 Å². The van der Waals surface area contributed by atoms with Crippen molar-refractivity contribution in [2.75, 3.05) is 17.2 Å². The average molecular weight is 645 g/mol. The van der Waals surface area contributed by atoms with E-state index in [1.807, 2.05) is 0 Å². The van der Waals surface area contributed by atoms with Gasteiger partial charge in [0.25, 0.3) is 0 Å². The molecule has 0 aliphatic heterocycles. The van der Waals surface area contributed by atoms with Crippen molar-refractivity contribution in [1.82, 2.24) is 45.5 Å². The van der Waals surface area contributed by atoms with E-state index < -0.39 is 7.82 Å². The fraction of sp³-hybridized carbons (Fsp3) is 0.778. The van der Waals surface area contributed by atoms with Crippen molar-refractivity contribution in [3.05, 3.63) is 17.5 Å². The normalized spacial score (nSPS) is 10.7. The van der Waals surface area contributed by atoms with Gasteiger partial charge >= 0.3 is 7.82 Å². The lowest BCUT2D eigenvalue weighted by atomic mass is 10.1. The predicted molar refractivity (Wildman–Crippen MR) is 174 cm³/mol. The molecule has 12 N–H and O–H groups in total. The summed E-state index contributed by atoms with van der Waals surface area (Å²) in [7, 11) is -4.64. The maximum atomic E-state index is 8.88. The summed E-state index contributed by atoms with van der Waals surface area (Å²) >= 11 is 0. The highest BCUT2D eigenvalue weighted by Gasteiger charge is 2.01. The highest BCUT2D eigenvalue weighted by atomic mass is 31.2. The SMILES string of the molecule is CCCCCCCc1nc(N)n[nH]1.CCCCCCCc1nc(N)n[nH]1.CCCCCCCc1nc(N)n[nH]1.O=P(O)(O)O. The highest BCUT2D eigenvalue weighted by molar-refractivity contribution is 7.45. The molecule has 0 saturated carbocycles. The number of H-pyrrole nitrogens is 3. The first kappa shape index (κ1) is 40.9. The van der Waals surface area contributed by atoms with E-state index in [4.69, 9.17) is 36.4 Å². The van der Waals surface area contributed by atoms with Crippen molar-refractivity contribution >= 4 is 25.7 Å². The summed E-state index contributed by atoms with van der Waals surface area (Å²) < 4.78 is 8.88. The van der Waals surface area contributed by atoms with Gasteiger partial charge in [0.2, 0.25) is 17.8 Å². The Morgan fingerprint density at radius 1 is 0.500 bits per heavy atom. The van der Waals surface area contributed by atoms with Gasteiger partial charge in [0.05, 0.1) is 0 Å². The van der Waals surface area contributed by atoms with Crippen LogP contribution < -0.4 is 17.2 Å². The standard InChI is InChI=1S/3C9H18N4.H3O4P/c3*1-2-3-4-5-6-7-8-11-9(10)13-12-8;1-5(2,3)4/h3*2-7H2,1H3,(H3,10,11,12,13);(H3,1,2,3,4). The molecule has 0 spiro atoms. The molecule has 0 radical (unpaired) electrons. The summed E-state index contributed by atoms with van der Waals surface area (Å²) in [5.41, 5.74) is 16.1. The maximum Gasteiger partial charge on any atom is 0.466 e. The smallest absolute Gasteiger partial charge is 0.367 e. The van der Waals surface area contributed by atoms with Gasteiger partial charge in [-0.25, -0.2) is 4.57 Å². The highest BCUT2D eigenvalue weighted by Crippen LogP contribution is 2.25. The van der Waals surface area contributed by atoms with Crippen LogP contribution in [-0.4, -0.2) is 60.2 Å². The molecule has 3 aromatic rings. The van der Waals surface area contributed by atoms with Crippen molar-refractivity contribution in [2.45, 2.75) is 136 Å². The summed E-state index contributed by atoms with van der Waals surface area (Å²) in [6, 6.07) is 0. The van der Waals surface area contributed by atoms with Gasteiger partial charge in [-0.2, -0.15) is 15.0 Å². The number of hydrogen-bond donors (Lipinski definition) is 9. The first-order chi connectivity index (χ1) is 21.0. The van der Waals surface area contributed by atoms with E-state index in [1.165, 1.54) is 96.3 Å². The lowest BCUT2D eigenvalue weighted by molar-refractivity contribution is 0.275. The number of nitrogens with zero attached hydrogens (tertiary/aromatic N) is 6. The Balaban J connectivity index is 0.000000585. The number of aromatic amines is 3. The molecule has 0 amide bonds. The number of anilines is 3. The molecular formula is C27H57N12O4P. The second kappa shape index (κ2) is 26.3. The Morgan fingerprint density at radius 3 is 0.909 bits per heavy atom. The maximum absolute atomic E-state index is 8.88. The Kier molecular flexibility index (Phi) is 24.5. The van der Waals surface area contributed by atoms with E-state index in [0.29, 0.717) is 17.8 Å². The minimum atomic E-state index is -4.64. The van der Waals surface area contributed by atoms with Crippen LogP contribution in [0.15, 0.2) is 0 Å². The fourth-order valence-corrected chi connectivity index (χ4v) is 3.95. The van der Waals surface area contributed by atoms with Gasteiger partial charge in [0.15, 0.2) is 0 Å². The largest absolute Gasteiger partial charge is 0.466 e. The second-order valence-corrected chi connectivity index (χ2v) is 11.5. The van der Waals surface area contributed by atoms with Gasteiger partial charge in [-0.3, -0.25) is 15.3 Å². The Morgan fingerprint density at radius 2 is 0.727 bits per heavy atom. The third-order valence-electron chi connectivity index (χ3n) is 6.20. The topological polar surface area (TPSA) is 281 Å². The van der Waals surface area contributed by atoms with E-state index in [9.17, 15) is 0 Å². The van der Waals surface area contributed by atoms with Crippen LogP contribution in [0.25, 0.3) is 0 Å². The molecule has 0 aliphatic rings. The lowest BCUT2D eigenvalue weighted by Gasteiger charge is -1.96. The van der Waals surface area contributed by atoms with Gasteiger partial charge < -0.3 is 31.9 Å². The Hall–Kier alpha value is -3.07. The summed E-state index contributed by atoms with van der Waals surface area (Å²) in [5, 5.41) is 19.8. The van der Waals surface area contributed by atoms with Crippen LogP contribution in [0.5, 0.6) is 0 Å². The van der Waals surface area contributed by atoms with Gasteiger partial charge in [-0.1, -0.05) is 97.8 Å². The monoisotopic (exact) mass is 644 g/mol. The van der Waals surface area contributed by atoms with Gasteiger partial charge in [0.1, 0.15) is 17.5 Å². The Bertz CT molecular complexity index is 975. The van der Waals surface area contributed by atoms with Crippen molar-refractivity contribution in [3.63, 3.8) is 0 Å². The number of nitrogens with one attached hydrogen (secondary N) is 3. The predicted octanol–water partition coefficient (Wildman–Crippen LogP) is 4.77. The summed E-state index contributed by atoms with van der Waals surface area (Å²) in [4.78, 5) is 33.7. The quantitative estimate of drug-likeness (QED) is 0.0667. The number of nitrogens with two attached hydrogens (primary N) is 3. The minimum absolute atomic E-state index is 0.351. The van der Waals surface area contributed by atoms with E-state index in [-0.39, 0.29) is 0 Å². The zero-order valence-corrected chi connectivity index (χ0v) is 27.7. The molecule has 0 aromatic carbocycles. The first-order valence-electron chi connectivity index (χ1n) is 15.8. The molecule has 0 unspecified atom stereocenters. The second-order valence-electron chi connectivity index (χ2n) is 10.4. The number of aromatic nitrogens is 9. The lowest BCUT2D eigenvalue weighted by Crippen LogP contribution is -1.89. The third kappa shape index (κ3) is 27.7. The van der Waals surface area contributed by atoms with Crippen LogP contribution >= 0.6 is 7.82 Å². The van der Waals surface area contributed by atoms with Gasteiger partial charge in [-0.15, -0.1) is 15.3 Å². The van der Waals surface area contributed by atoms with Crippen LogP contribution in [-0.2, 0) is 23.8 Å². The Labute approximate surface area is 261 Å². The summed E-state index contributed by atoms with van der Waals surface area (Å²) in [5.74, 6) is 3.78. The number of aryl methyl sites for hydroxylation is 3. The number of phosphoric acid groups is 1. The zero-order chi connectivity index (χ0) is 33.1. The van der Waals surface area contributed by atoms with E-state index in [0.717, 1.165) is 36.7 Å². The van der Waals surface area contributed by atoms with Crippen LogP contribution in [0.4, 0.5) is 17.8 Å². The molecule has 16 nitrogen and oxygen atoms in total. The first-order valence-corrected chi connectivity index (χ1v) is 17.3. The molecule has 17 heteroatoms. The molecular weight excluding hydrogens is 587 g/mol. The van der Waals surface area contributed by atoms with Crippen LogP contribution in [0.3, 0.4) is 0 Å². The molecule has 0 saturated heterocycles. The van der Waals surface area contributed by atoms with Gasteiger partial charge in [-0.05, 0) is 19.3 Å². The zero-order valence-electron chi connectivity index (χ0n) is 26.8. The van der Waals surface area contributed by atoms with E-state index in [1.54, 1.807) is 0 Å². The average Bonchev–Trinajstić information content (AvgIpc) is 3.69. The molecule has 0 bridgehead atoms. The number of rotatable bonds is 18. The molecule has 3 heterocycles. The molecule has 254 valence electrons. The van der Waals surface area contributed by atoms with Crippen molar-refractivity contribution in [1.29, 1.82) is 0 Å². The molecule has 0 atom stereocenters. The van der Waals surface area contributed by atoms with E-state index in [2.05, 4.69) is 66.3 Å². The number of unbranched alkanes of at least 4 members (excludes halogenated alkanes) is 12. The van der Waals surface area contributed by atoms with Crippen LogP contribution in [0, 0.1) is 0 Å². The van der Waals surface area contributed by atoms with E-state index >= 15 is 0 Å². The summed E-state index contributed by atoms with van der Waals surface area (Å²) in [6.45, 7) is 6.66. The molecule has 44 heavy (non-hydrogen) atoms. The minimum Gasteiger partial charge on any atom is -0.367 e. The van der Waals surface area contributed by atoms with Gasteiger partial charge in [0, 0.05) is 19.3 Å². The molecule has 3 rings (SSSR count). The third-order valence-corrected chi connectivity index (χ3v) is 6.20. The number of nitrogen functional groups attached to an aromatic ring is 3. The molecule has 0 aliphatic carbocycles. The van der Waals surface area contributed by atoms with Crippen molar-refractivity contribution in [3.8, 4) is 0 Å². The summed E-state index contributed by atoms with van der Waals surface area (Å²) in [6.07, 6.45) is 22.1. The number of hydrogen-bond acceptors (Lipinski definition) is 10. The fourth-order valence-electron chi connectivity index (χ4n) is 3.95.